The number of pyridine rings is 1. The van der Waals surface area contributed by atoms with Gasteiger partial charge in [-0.2, -0.15) is 0 Å². The molecule has 0 aliphatic heterocycles. The van der Waals surface area contributed by atoms with E-state index in [-0.39, 0.29) is 5.91 Å². The standard InChI is InChI=1S/C14H23ClN4O/c1-5-16-13-12(15)8-11(9-18-13)14(20)17-6-7-19(4)10(2)3/h8-10H,5-7H2,1-4H3,(H,16,18)(H,17,20). The van der Waals surface area contributed by atoms with E-state index in [0.29, 0.717) is 29.0 Å². The van der Waals surface area contributed by atoms with E-state index >= 15 is 0 Å². The number of likely N-dealkylation sites (N-methyl/N-ethyl adjacent to an activating group) is 1. The van der Waals surface area contributed by atoms with Crippen molar-refractivity contribution in [2.75, 3.05) is 32.0 Å². The number of amides is 1. The molecule has 5 nitrogen and oxygen atoms in total. The zero-order valence-electron chi connectivity index (χ0n) is 12.5. The van der Waals surface area contributed by atoms with Crippen LogP contribution in [0.5, 0.6) is 0 Å². The number of rotatable bonds is 7. The van der Waals surface area contributed by atoms with Gasteiger partial charge in [0.25, 0.3) is 5.91 Å². The average Bonchev–Trinajstić information content (AvgIpc) is 2.40. The van der Waals surface area contributed by atoms with Gasteiger partial charge in [-0.1, -0.05) is 11.6 Å². The molecule has 0 spiro atoms. The molecule has 0 saturated heterocycles. The van der Waals surface area contributed by atoms with E-state index < -0.39 is 0 Å². The number of carbonyl (C=O) groups is 1. The molecule has 0 fully saturated rings. The maximum atomic E-state index is 12.0. The summed E-state index contributed by atoms with van der Waals surface area (Å²) in [6, 6.07) is 2.09. The first kappa shape index (κ1) is 16.7. The zero-order chi connectivity index (χ0) is 15.1. The number of nitrogens with one attached hydrogen (secondary N) is 2. The van der Waals surface area contributed by atoms with E-state index in [1.165, 1.54) is 6.20 Å². The number of carbonyl (C=O) groups excluding carboxylic acids is 1. The monoisotopic (exact) mass is 298 g/mol. The fraction of sp³-hybridized carbons (Fsp3) is 0.571. The van der Waals surface area contributed by atoms with Crippen LogP contribution in [0.3, 0.4) is 0 Å². The van der Waals surface area contributed by atoms with Crippen LogP contribution in [0.4, 0.5) is 5.82 Å². The van der Waals surface area contributed by atoms with Crippen molar-refractivity contribution in [3.63, 3.8) is 0 Å². The molecule has 0 radical (unpaired) electrons. The predicted octanol–water partition coefficient (Wildman–Crippen LogP) is 2.24. The van der Waals surface area contributed by atoms with E-state index in [2.05, 4.69) is 34.4 Å². The van der Waals surface area contributed by atoms with Crippen LogP contribution < -0.4 is 10.6 Å². The lowest BCUT2D eigenvalue weighted by molar-refractivity contribution is 0.0947. The summed E-state index contributed by atoms with van der Waals surface area (Å²) in [4.78, 5) is 18.3. The van der Waals surface area contributed by atoms with Crippen LogP contribution in [0.2, 0.25) is 5.02 Å². The maximum Gasteiger partial charge on any atom is 0.252 e. The van der Waals surface area contributed by atoms with Gasteiger partial charge >= 0.3 is 0 Å². The van der Waals surface area contributed by atoms with Crippen LogP contribution in [0.25, 0.3) is 0 Å². The molecule has 1 aromatic rings. The second-order valence-electron chi connectivity index (χ2n) is 4.92. The Hall–Kier alpha value is -1.33. The van der Waals surface area contributed by atoms with Gasteiger partial charge in [-0.15, -0.1) is 0 Å². The van der Waals surface area contributed by atoms with Crippen LogP contribution in [-0.4, -0.2) is 48.5 Å². The highest BCUT2D eigenvalue weighted by molar-refractivity contribution is 6.33. The maximum absolute atomic E-state index is 12.0. The molecule has 0 aliphatic carbocycles. The SMILES string of the molecule is CCNc1ncc(C(=O)NCCN(C)C(C)C)cc1Cl. The summed E-state index contributed by atoms with van der Waals surface area (Å²) in [5.74, 6) is 0.449. The first-order valence-corrected chi connectivity index (χ1v) is 7.21. The molecule has 1 aromatic heterocycles. The lowest BCUT2D eigenvalue weighted by atomic mass is 10.2. The van der Waals surface area contributed by atoms with Gasteiger partial charge in [-0.05, 0) is 33.9 Å². The van der Waals surface area contributed by atoms with Crippen LogP contribution in [0.15, 0.2) is 12.3 Å². The molecule has 6 heteroatoms. The highest BCUT2D eigenvalue weighted by Crippen LogP contribution is 2.19. The van der Waals surface area contributed by atoms with Crippen LogP contribution in [-0.2, 0) is 0 Å². The molecule has 0 saturated carbocycles. The molecule has 1 amide bonds. The Morgan fingerprint density at radius 1 is 1.50 bits per heavy atom. The Morgan fingerprint density at radius 3 is 2.75 bits per heavy atom. The lowest BCUT2D eigenvalue weighted by Gasteiger charge is -2.20. The van der Waals surface area contributed by atoms with Gasteiger partial charge in [0.2, 0.25) is 0 Å². The number of hydrogen-bond donors (Lipinski definition) is 2. The highest BCUT2D eigenvalue weighted by atomic mass is 35.5. The molecule has 1 rings (SSSR count). The Kier molecular flexibility index (Phi) is 6.75. The van der Waals surface area contributed by atoms with E-state index in [1.807, 2.05) is 14.0 Å². The highest BCUT2D eigenvalue weighted by Gasteiger charge is 2.10. The predicted molar refractivity (Wildman–Crippen MR) is 83.5 cm³/mol. The fourth-order valence-corrected chi connectivity index (χ4v) is 1.80. The molecule has 112 valence electrons. The van der Waals surface area contributed by atoms with E-state index in [4.69, 9.17) is 11.6 Å². The van der Waals surface area contributed by atoms with Crippen LogP contribution >= 0.6 is 11.6 Å². The van der Waals surface area contributed by atoms with Crippen LogP contribution in [0.1, 0.15) is 31.1 Å². The zero-order valence-corrected chi connectivity index (χ0v) is 13.3. The summed E-state index contributed by atoms with van der Waals surface area (Å²) in [6.07, 6.45) is 1.53. The first-order valence-electron chi connectivity index (χ1n) is 6.83. The molecule has 0 bridgehead atoms. The van der Waals surface area contributed by atoms with Crippen molar-refractivity contribution in [2.24, 2.45) is 0 Å². The van der Waals surface area contributed by atoms with E-state index in [0.717, 1.165) is 13.1 Å². The minimum absolute atomic E-state index is 0.153. The van der Waals surface area contributed by atoms with E-state index in [1.54, 1.807) is 6.07 Å². The molecule has 1 heterocycles. The second-order valence-corrected chi connectivity index (χ2v) is 5.32. The minimum Gasteiger partial charge on any atom is -0.369 e. The van der Waals surface area contributed by atoms with Gasteiger partial charge in [0, 0.05) is 31.9 Å². The van der Waals surface area contributed by atoms with Crippen LogP contribution in [0, 0.1) is 0 Å². The molecule has 0 atom stereocenters. The van der Waals surface area contributed by atoms with E-state index in [9.17, 15) is 4.79 Å². The molecular weight excluding hydrogens is 276 g/mol. The summed E-state index contributed by atoms with van der Waals surface area (Å²) < 4.78 is 0. The summed E-state index contributed by atoms with van der Waals surface area (Å²) in [5, 5.41) is 6.35. The summed E-state index contributed by atoms with van der Waals surface area (Å²) in [6.45, 7) is 8.33. The minimum atomic E-state index is -0.153. The van der Waals surface area contributed by atoms with Crippen molar-refractivity contribution in [1.82, 2.24) is 15.2 Å². The topological polar surface area (TPSA) is 57.3 Å². The fourth-order valence-electron chi connectivity index (χ4n) is 1.57. The molecule has 2 N–H and O–H groups in total. The number of hydrogen-bond acceptors (Lipinski definition) is 4. The van der Waals surface area contributed by atoms with Gasteiger partial charge in [0.15, 0.2) is 0 Å². The molecule has 0 unspecified atom stereocenters. The third kappa shape index (κ3) is 4.98. The largest absolute Gasteiger partial charge is 0.369 e. The molecule has 0 aliphatic rings. The average molecular weight is 299 g/mol. The number of aromatic nitrogens is 1. The number of nitrogens with zero attached hydrogens (tertiary/aromatic N) is 2. The third-order valence-corrected chi connectivity index (χ3v) is 3.37. The Morgan fingerprint density at radius 2 is 2.20 bits per heavy atom. The smallest absolute Gasteiger partial charge is 0.252 e. The molecular formula is C14H23ClN4O. The summed E-state index contributed by atoms with van der Waals surface area (Å²) in [5.41, 5.74) is 0.476. The van der Waals surface area contributed by atoms with Crippen molar-refractivity contribution >= 4 is 23.3 Å². The lowest BCUT2D eigenvalue weighted by Crippen LogP contribution is -2.36. The van der Waals surface area contributed by atoms with Gasteiger partial charge in [-0.3, -0.25) is 4.79 Å². The summed E-state index contributed by atoms with van der Waals surface area (Å²) >= 11 is 6.07. The van der Waals surface area contributed by atoms with Crippen molar-refractivity contribution in [3.05, 3.63) is 22.8 Å². The number of halogens is 1. The summed E-state index contributed by atoms with van der Waals surface area (Å²) in [7, 11) is 2.03. The van der Waals surface area contributed by atoms with Crippen molar-refractivity contribution in [1.29, 1.82) is 0 Å². The number of anilines is 1. The van der Waals surface area contributed by atoms with Gasteiger partial charge in [-0.25, -0.2) is 4.98 Å². The first-order chi connectivity index (χ1) is 9.45. The quantitative estimate of drug-likeness (QED) is 0.810. The Labute approximate surface area is 125 Å². The molecule has 0 aromatic carbocycles. The Balaban J connectivity index is 2.53. The van der Waals surface area contributed by atoms with Crippen molar-refractivity contribution < 1.29 is 4.79 Å². The Bertz CT molecular complexity index is 451. The van der Waals surface area contributed by atoms with Gasteiger partial charge < -0.3 is 15.5 Å². The van der Waals surface area contributed by atoms with Crippen molar-refractivity contribution in [2.45, 2.75) is 26.8 Å². The second kappa shape index (κ2) is 8.07. The normalized spacial score (nSPS) is 10.9. The molecule has 20 heavy (non-hydrogen) atoms. The third-order valence-electron chi connectivity index (χ3n) is 3.08. The van der Waals surface area contributed by atoms with Crippen molar-refractivity contribution in [3.8, 4) is 0 Å². The van der Waals surface area contributed by atoms with Gasteiger partial charge in [0.1, 0.15) is 5.82 Å². The van der Waals surface area contributed by atoms with Gasteiger partial charge in [0.05, 0.1) is 10.6 Å².